The summed E-state index contributed by atoms with van der Waals surface area (Å²) in [6, 6.07) is 18.3. The smallest absolute Gasteiger partial charge is 0.262 e. The topological polar surface area (TPSA) is 112 Å². The number of fused-ring (bicyclic) bond motifs is 1. The van der Waals surface area contributed by atoms with E-state index in [0.717, 1.165) is 29.5 Å². The van der Waals surface area contributed by atoms with Gasteiger partial charge in [0, 0.05) is 50.8 Å². The number of nitrogens with zero attached hydrogens (tertiary/aromatic N) is 1. The number of rotatable bonds is 9. The van der Waals surface area contributed by atoms with Crippen LogP contribution >= 0.6 is 11.6 Å². The van der Waals surface area contributed by atoms with Crippen molar-refractivity contribution < 1.29 is 19.5 Å². The van der Waals surface area contributed by atoms with Gasteiger partial charge in [-0.25, -0.2) is 0 Å². The number of aromatic hydroxyl groups is 1. The van der Waals surface area contributed by atoms with Crippen molar-refractivity contribution in [3.8, 4) is 5.75 Å². The summed E-state index contributed by atoms with van der Waals surface area (Å²) in [5.41, 5.74) is 10.7. The van der Waals surface area contributed by atoms with Gasteiger partial charge in [0.1, 0.15) is 11.8 Å². The van der Waals surface area contributed by atoms with Crippen molar-refractivity contribution in [2.24, 2.45) is 0 Å². The quantitative estimate of drug-likeness (QED) is 0.141. The fourth-order valence-corrected chi connectivity index (χ4v) is 7.72. The third kappa shape index (κ3) is 8.28. The second kappa shape index (κ2) is 14.3. The molecule has 0 saturated carbocycles. The van der Waals surface area contributed by atoms with Gasteiger partial charge in [-0.2, -0.15) is 0 Å². The number of allylic oxidation sites excluding steroid dienone is 4. The highest BCUT2D eigenvalue weighted by Gasteiger charge is 2.39. The number of hydrogen-bond acceptors (Lipinski definition) is 5. The van der Waals surface area contributed by atoms with Gasteiger partial charge >= 0.3 is 0 Å². The van der Waals surface area contributed by atoms with Gasteiger partial charge in [0.2, 0.25) is 11.8 Å². The maximum atomic E-state index is 14.1. The Kier molecular flexibility index (Phi) is 9.99. The van der Waals surface area contributed by atoms with Crippen LogP contribution in [0.5, 0.6) is 5.75 Å². The summed E-state index contributed by atoms with van der Waals surface area (Å²) in [6.45, 7) is 10.3. The molecule has 4 aromatic rings. The molecule has 1 saturated heterocycles. The molecule has 51 heavy (non-hydrogen) atoms. The number of benzene rings is 3. The predicted octanol–water partition coefficient (Wildman–Crippen LogP) is 6.96. The normalized spacial score (nSPS) is 16.9. The molecule has 2 aliphatic rings. The Bertz CT molecular complexity index is 2130. The van der Waals surface area contributed by atoms with E-state index in [0.29, 0.717) is 32.7 Å². The third-order valence-corrected chi connectivity index (χ3v) is 9.74. The average Bonchev–Trinajstić information content (AvgIpc) is 3.33. The third-order valence-electron chi connectivity index (χ3n) is 9.49. The molecule has 1 aromatic heterocycles. The maximum absolute atomic E-state index is 14.1. The zero-order valence-electron chi connectivity index (χ0n) is 29.6. The molecule has 9 heteroatoms. The molecule has 0 spiro atoms. The number of carbonyl (C=O) groups excluding carboxylic acids is 3. The number of piperidine rings is 1. The van der Waals surface area contributed by atoms with Gasteiger partial charge in [0.25, 0.3) is 5.91 Å². The molecule has 1 fully saturated rings. The van der Waals surface area contributed by atoms with Gasteiger partial charge in [0.05, 0.1) is 11.9 Å². The van der Waals surface area contributed by atoms with Crippen molar-refractivity contribution in [3.63, 3.8) is 0 Å². The summed E-state index contributed by atoms with van der Waals surface area (Å²) >= 11 is 6.07. The summed E-state index contributed by atoms with van der Waals surface area (Å²) in [6.07, 6.45) is 7.32. The van der Waals surface area contributed by atoms with Crippen molar-refractivity contribution >= 4 is 45.8 Å². The van der Waals surface area contributed by atoms with Crippen LogP contribution in [0.25, 0.3) is 16.5 Å². The second-order valence-corrected chi connectivity index (χ2v) is 15.3. The first kappa shape index (κ1) is 35.7. The summed E-state index contributed by atoms with van der Waals surface area (Å²) in [5.74, 6) is -0.908. The molecule has 8 nitrogen and oxygen atoms in total. The molecule has 2 heterocycles. The molecule has 2 amide bonds. The van der Waals surface area contributed by atoms with Crippen molar-refractivity contribution in [2.45, 2.75) is 83.5 Å². The van der Waals surface area contributed by atoms with Crippen LogP contribution in [0.3, 0.4) is 0 Å². The first-order valence-electron chi connectivity index (χ1n) is 17.2. The Morgan fingerprint density at radius 3 is 2.33 bits per heavy atom. The molecule has 3 aromatic carbocycles. The Morgan fingerprint density at radius 2 is 1.69 bits per heavy atom. The number of phenolic OH excluding ortho intramolecular Hbond substituents is 1. The van der Waals surface area contributed by atoms with Crippen molar-refractivity contribution in [3.05, 3.63) is 129 Å². The fourth-order valence-electron chi connectivity index (χ4n) is 7.60. The lowest BCUT2D eigenvalue weighted by Crippen LogP contribution is -2.63. The standard InChI is InChI=1S/C42H43ClN4O4/c1-26-34(35-22-33(48)19-20-37(35)47(26)40(51)30-15-17-31(43)18-16-30)23-38(49)45-36(39(50)44-32-24-41(2,3)46-42(4,5)25-32)21-27-11-13-29(14-12-27)28-9-7-6-8-10-28/h6-7,9,11-20,22,32,36,46,48H,21,23-25H2,1-5H3,(H,44,50)(H,45,49). The van der Waals surface area contributed by atoms with E-state index in [1.807, 2.05) is 36.4 Å². The van der Waals surface area contributed by atoms with Gasteiger partial charge < -0.3 is 21.1 Å². The molecule has 4 N–H and O–H groups in total. The molecule has 1 unspecified atom stereocenters. The van der Waals surface area contributed by atoms with E-state index < -0.39 is 6.04 Å². The summed E-state index contributed by atoms with van der Waals surface area (Å²) in [4.78, 5) is 41.7. The predicted molar refractivity (Wildman–Crippen MR) is 202 cm³/mol. The number of halogens is 1. The van der Waals surface area contributed by atoms with E-state index in [1.54, 1.807) is 54.0 Å². The Hall–Kier alpha value is -5.10. The van der Waals surface area contributed by atoms with E-state index >= 15 is 0 Å². The van der Waals surface area contributed by atoms with Crippen LogP contribution in [0.2, 0.25) is 5.02 Å². The van der Waals surface area contributed by atoms with E-state index in [1.165, 1.54) is 6.07 Å². The summed E-state index contributed by atoms with van der Waals surface area (Å²) in [5, 5.41) is 21.4. The number of amides is 2. The van der Waals surface area contributed by atoms with E-state index in [9.17, 15) is 19.5 Å². The minimum absolute atomic E-state index is 0.0137. The number of hydrogen-bond donors (Lipinski definition) is 4. The maximum Gasteiger partial charge on any atom is 0.262 e. The molecule has 6 rings (SSSR count). The van der Waals surface area contributed by atoms with E-state index in [-0.39, 0.29) is 53.4 Å². The van der Waals surface area contributed by atoms with Crippen molar-refractivity contribution in [1.29, 1.82) is 0 Å². The monoisotopic (exact) mass is 702 g/mol. The average molecular weight is 703 g/mol. The van der Waals surface area contributed by atoms with Crippen LogP contribution in [0.15, 0.2) is 96.4 Å². The molecular formula is C42H43ClN4O4. The Labute approximate surface area is 303 Å². The number of phenols is 1. The highest BCUT2D eigenvalue weighted by Crippen LogP contribution is 2.31. The Balaban J connectivity index is 1.28. The van der Waals surface area contributed by atoms with Crippen molar-refractivity contribution in [2.75, 3.05) is 0 Å². The van der Waals surface area contributed by atoms with Crippen molar-refractivity contribution in [1.82, 2.24) is 20.5 Å². The molecule has 0 bridgehead atoms. The molecule has 262 valence electrons. The number of carbonyl (C=O) groups is 3. The number of aromatic nitrogens is 1. The van der Waals surface area contributed by atoms with Gasteiger partial charge in [-0.05, 0) is 119 Å². The zero-order valence-corrected chi connectivity index (χ0v) is 30.3. The van der Waals surface area contributed by atoms with Crippen LogP contribution in [0.1, 0.15) is 73.3 Å². The van der Waals surface area contributed by atoms with Gasteiger partial charge in [-0.3, -0.25) is 19.0 Å². The molecule has 1 aliphatic heterocycles. The number of nitrogens with one attached hydrogen (secondary N) is 3. The summed E-state index contributed by atoms with van der Waals surface area (Å²) in [7, 11) is 0. The Morgan fingerprint density at radius 1 is 1.00 bits per heavy atom. The highest BCUT2D eigenvalue weighted by molar-refractivity contribution is 6.30. The largest absolute Gasteiger partial charge is 0.508 e. The van der Waals surface area contributed by atoms with E-state index in [4.69, 9.17) is 11.6 Å². The molecule has 1 aliphatic carbocycles. The van der Waals surface area contributed by atoms with Crippen LogP contribution in [0.4, 0.5) is 0 Å². The van der Waals surface area contributed by atoms with Crippen LogP contribution < -0.4 is 16.0 Å². The summed E-state index contributed by atoms with van der Waals surface area (Å²) < 4.78 is 1.55. The van der Waals surface area contributed by atoms with Gasteiger partial charge in [-0.15, -0.1) is 0 Å². The lowest BCUT2D eigenvalue weighted by Gasteiger charge is -2.46. The molecule has 1 atom stereocenters. The zero-order chi connectivity index (χ0) is 36.5. The molecule has 0 radical (unpaired) electrons. The minimum Gasteiger partial charge on any atom is -0.508 e. The SMILES string of the molecule is Cc1c(CC(=O)NC(Cc2ccc(C3=C=C=CC=C3)cc2)C(=O)NC2CC(C)(C)NC(C)(C)C2)c2cc(O)ccc2n1C(=O)c1ccc(Cl)cc1. The first-order valence-corrected chi connectivity index (χ1v) is 17.6. The lowest BCUT2D eigenvalue weighted by atomic mass is 9.79. The minimum atomic E-state index is -0.862. The lowest BCUT2D eigenvalue weighted by molar-refractivity contribution is -0.129. The first-order chi connectivity index (χ1) is 24.2. The van der Waals surface area contributed by atoms with Crippen LogP contribution in [-0.4, -0.2) is 50.6 Å². The van der Waals surface area contributed by atoms with Crippen LogP contribution in [-0.2, 0) is 22.4 Å². The van der Waals surface area contributed by atoms with Gasteiger partial charge in [0.15, 0.2) is 0 Å². The van der Waals surface area contributed by atoms with Gasteiger partial charge in [-0.1, -0.05) is 53.4 Å². The highest BCUT2D eigenvalue weighted by atomic mass is 35.5. The van der Waals surface area contributed by atoms with E-state index in [2.05, 4.69) is 55.1 Å². The fraction of sp³-hybridized carbons (Fsp3) is 0.310. The van der Waals surface area contributed by atoms with Crippen LogP contribution in [0, 0.1) is 6.92 Å². The molecular weight excluding hydrogens is 660 g/mol. The second-order valence-electron chi connectivity index (χ2n) is 14.8.